The number of pyridine rings is 1. The molecule has 0 saturated carbocycles. The third-order valence-electron chi connectivity index (χ3n) is 1.99. The summed E-state index contributed by atoms with van der Waals surface area (Å²) in [7, 11) is 0. The van der Waals surface area contributed by atoms with Crippen molar-refractivity contribution in [2.24, 2.45) is 5.73 Å². The fourth-order valence-corrected chi connectivity index (χ4v) is 1.25. The van der Waals surface area contributed by atoms with Crippen molar-refractivity contribution in [3.63, 3.8) is 0 Å². The Morgan fingerprint density at radius 2 is 2.00 bits per heavy atom. The van der Waals surface area contributed by atoms with Crippen LogP contribution < -0.4 is 5.73 Å². The topological polar surface area (TPSA) is 56.0 Å². The number of aldehydes is 1. The van der Waals surface area contributed by atoms with Crippen LogP contribution in [-0.4, -0.2) is 11.3 Å². The summed E-state index contributed by atoms with van der Waals surface area (Å²) in [6, 6.07) is 0.337. The van der Waals surface area contributed by atoms with Crippen LogP contribution in [0.25, 0.3) is 0 Å². The van der Waals surface area contributed by atoms with Gasteiger partial charge in [-0.2, -0.15) is 13.2 Å². The number of carbonyl (C=O) groups excluding carboxylic acids is 1. The fourth-order valence-electron chi connectivity index (χ4n) is 1.25. The molecule has 0 aliphatic carbocycles. The second-order valence-corrected chi connectivity index (χ2v) is 3.08. The van der Waals surface area contributed by atoms with Gasteiger partial charge >= 0.3 is 6.18 Å². The van der Waals surface area contributed by atoms with E-state index in [1.165, 1.54) is 0 Å². The van der Waals surface area contributed by atoms with Crippen molar-refractivity contribution in [3.8, 4) is 0 Å². The first-order valence-electron chi connectivity index (χ1n) is 4.35. The van der Waals surface area contributed by atoms with Crippen molar-refractivity contribution in [1.82, 2.24) is 4.98 Å². The number of rotatable bonds is 3. The average molecular weight is 254 g/mol. The maximum absolute atomic E-state index is 12.5. The highest BCUT2D eigenvalue weighted by atomic mass is 19.4. The van der Waals surface area contributed by atoms with E-state index in [2.05, 4.69) is 4.98 Å². The summed E-state index contributed by atoms with van der Waals surface area (Å²) in [5.74, 6) is 0. The van der Waals surface area contributed by atoms with Crippen LogP contribution in [0, 0.1) is 0 Å². The zero-order chi connectivity index (χ0) is 13.2. The molecule has 8 heteroatoms. The molecule has 1 rings (SSSR count). The van der Waals surface area contributed by atoms with Gasteiger partial charge in [0.1, 0.15) is 5.69 Å². The van der Waals surface area contributed by atoms with Crippen LogP contribution >= 0.6 is 0 Å². The predicted molar refractivity (Wildman–Crippen MR) is 47.5 cm³/mol. The van der Waals surface area contributed by atoms with Gasteiger partial charge in [-0.3, -0.25) is 4.79 Å². The monoisotopic (exact) mass is 254 g/mol. The average Bonchev–Trinajstić information content (AvgIpc) is 2.25. The van der Waals surface area contributed by atoms with E-state index in [1.807, 2.05) is 0 Å². The minimum Gasteiger partial charge on any atom is -0.325 e. The molecule has 0 radical (unpaired) electrons. The van der Waals surface area contributed by atoms with Crippen molar-refractivity contribution in [3.05, 3.63) is 28.6 Å². The number of hydrogen-bond acceptors (Lipinski definition) is 3. The lowest BCUT2D eigenvalue weighted by molar-refractivity contribution is -0.138. The molecule has 94 valence electrons. The van der Waals surface area contributed by atoms with Gasteiger partial charge in [-0.25, -0.2) is 13.8 Å². The summed E-state index contributed by atoms with van der Waals surface area (Å²) >= 11 is 0. The number of nitrogens with zero attached hydrogens (tertiary/aromatic N) is 1. The zero-order valence-corrected chi connectivity index (χ0v) is 8.26. The lowest BCUT2D eigenvalue weighted by Gasteiger charge is -2.13. The van der Waals surface area contributed by atoms with Gasteiger partial charge in [-0.05, 0) is 6.07 Å². The van der Waals surface area contributed by atoms with Crippen LogP contribution in [-0.2, 0) is 12.7 Å². The second-order valence-electron chi connectivity index (χ2n) is 3.08. The molecule has 0 aromatic carbocycles. The van der Waals surface area contributed by atoms with E-state index in [9.17, 15) is 26.7 Å². The lowest BCUT2D eigenvalue weighted by Crippen LogP contribution is -2.16. The van der Waals surface area contributed by atoms with Gasteiger partial charge in [0.05, 0.1) is 11.3 Å². The number of aromatic nitrogens is 1. The molecule has 0 bridgehead atoms. The van der Waals surface area contributed by atoms with Crippen LogP contribution in [0.1, 0.15) is 33.7 Å². The van der Waals surface area contributed by atoms with Gasteiger partial charge in [0, 0.05) is 12.1 Å². The third kappa shape index (κ3) is 2.76. The molecule has 0 amide bonds. The molecule has 0 aliphatic rings. The highest BCUT2D eigenvalue weighted by molar-refractivity contribution is 5.77. The molecule has 0 spiro atoms. The van der Waals surface area contributed by atoms with Gasteiger partial charge in [0.25, 0.3) is 6.43 Å². The second kappa shape index (κ2) is 4.74. The van der Waals surface area contributed by atoms with Gasteiger partial charge in [-0.1, -0.05) is 0 Å². The van der Waals surface area contributed by atoms with Crippen molar-refractivity contribution in [2.75, 3.05) is 0 Å². The summed E-state index contributed by atoms with van der Waals surface area (Å²) < 4.78 is 62.3. The molecule has 0 fully saturated rings. The summed E-state index contributed by atoms with van der Waals surface area (Å²) in [5.41, 5.74) is 1.25. The van der Waals surface area contributed by atoms with Crippen LogP contribution in [0.4, 0.5) is 22.0 Å². The van der Waals surface area contributed by atoms with Gasteiger partial charge in [0.2, 0.25) is 0 Å². The minimum atomic E-state index is -4.79. The molecule has 17 heavy (non-hydrogen) atoms. The maximum atomic E-state index is 12.5. The molecule has 1 aromatic rings. The SMILES string of the molecule is NCc1nc(C(F)F)c(C=O)cc1C(F)(F)F. The Kier molecular flexibility index (Phi) is 3.76. The lowest BCUT2D eigenvalue weighted by atomic mass is 10.1. The van der Waals surface area contributed by atoms with Crippen molar-refractivity contribution in [2.45, 2.75) is 19.1 Å². The van der Waals surface area contributed by atoms with Crippen molar-refractivity contribution in [1.29, 1.82) is 0 Å². The Morgan fingerprint density at radius 1 is 1.41 bits per heavy atom. The minimum absolute atomic E-state index is 0.0932. The van der Waals surface area contributed by atoms with Gasteiger partial charge < -0.3 is 5.73 Å². The quantitative estimate of drug-likeness (QED) is 0.665. The fraction of sp³-hybridized carbons (Fsp3) is 0.333. The standard InChI is InChI=1S/C9H7F5N2O/c10-8(11)7-4(3-17)1-5(9(12,13)14)6(2-15)16-7/h1,3,8H,2,15H2. The predicted octanol–water partition coefficient (Wildman–Crippen LogP) is 2.31. The Balaban J connectivity index is 3.49. The Hall–Kier alpha value is -1.57. The van der Waals surface area contributed by atoms with E-state index in [4.69, 9.17) is 5.73 Å². The van der Waals surface area contributed by atoms with E-state index in [-0.39, 0.29) is 6.29 Å². The first-order valence-corrected chi connectivity index (χ1v) is 4.35. The Bertz CT molecular complexity index is 430. The number of hydrogen-bond donors (Lipinski definition) is 1. The summed E-state index contributed by atoms with van der Waals surface area (Å²) in [5, 5.41) is 0. The molecule has 0 saturated heterocycles. The van der Waals surface area contributed by atoms with Crippen LogP contribution in [0.5, 0.6) is 0 Å². The van der Waals surface area contributed by atoms with Crippen molar-refractivity contribution < 1.29 is 26.7 Å². The van der Waals surface area contributed by atoms with Crippen LogP contribution in [0.2, 0.25) is 0 Å². The number of nitrogens with two attached hydrogens (primary N) is 1. The van der Waals surface area contributed by atoms with Gasteiger partial charge in [-0.15, -0.1) is 0 Å². The molecular formula is C9H7F5N2O. The number of halogens is 5. The molecule has 0 aliphatic heterocycles. The summed E-state index contributed by atoms with van der Waals surface area (Å²) in [4.78, 5) is 13.5. The van der Waals surface area contributed by atoms with E-state index in [0.29, 0.717) is 6.07 Å². The van der Waals surface area contributed by atoms with E-state index in [0.717, 1.165) is 0 Å². The highest BCUT2D eigenvalue weighted by Crippen LogP contribution is 2.33. The van der Waals surface area contributed by atoms with Crippen LogP contribution in [0.3, 0.4) is 0 Å². The molecule has 2 N–H and O–H groups in total. The molecular weight excluding hydrogens is 247 g/mol. The smallest absolute Gasteiger partial charge is 0.325 e. The van der Waals surface area contributed by atoms with E-state index in [1.54, 1.807) is 0 Å². The third-order valence-corrected chi connectivity index (χ3v) is 1.99. The maximum Gasteiger partial charge on any atom is 0.418 e. The first kappa shape index (κ1) is 13.5. The normalized spacial score (nSPS) is 11.9. The zero-order valence-electron chi connectivity index (χ0n) is 8.26. The van der Waals surface area contributed by atoms with Crippen LogP contribution in [0.15, 0.2) is 6.07 Å². The van der Waals surface area contributed by atoms with E-state index >= 15 is 0 Å². The highest BCUT2D eigenvalue weighted by Gasteiger charge is 2.35. The van der Waals surface area contributed by atoms with Gasteiger partial charge in [0.15, 0.2) is 6.29 Å². The Morgan fingerprint density at radius 3 is 2.35 bits per heavy atom. The molecule has 1 aromatic heterocycles. The number of carbonyl (C=O) groups is 1. The molecule has 0 atom stereocenters. The molecule has 1 heterocycles. The first-order chi connectivity index (χ1) is 7.81. The molecule has 0 unspecified atom stereocenters. The largest absolute Gasteiger partial charge is 0.418 e. The summed E-state index contributed by atoms with van der Waals surface area (Å²) in [6.45, 7) is -0.645. The number of alkyl halides is 5. The summed E-state index contributed by atoms with van der Waals surface area (Å²) in [6.07, 6.45) is -8.02. The Labute approximate surface area is 92.4 Å². The van der Waals surface area contributed by atoms with Crippen molar-refractivity contribution >= 4 is 6.29 Å². The molecule has 3 nitrogen and oxygen atoms in total. The van der Waals surface area contributed by atoms with E-state index < -0.39 is 41.7 Å².